The third kappa shape index (κ3) is 2.68. The van der Waals surface area contributed by atoms with Crippen molar-refractivity contribution in [2.24, 2.45) is 0 Å². The maximum atomic E-state index is 5.97. The molecule has 0 aromatic heterocycles. The van der Waals surface area contributed by atoms with Crippen LogP contribution in [0.1, 0.15) is 17.2 Å². The maximum Gasteiger partial charge on any atom is 0.119 e. The predicted molar refractivity (Wildman–Crippen MR) is 83.8 cm³/mol. The molecule has 0 bridgehead atoms. The first-order valence-corrected chi connectivity index (χ1v) is 7.53. The summed E-state index contributed by atoms with van der Waals surface area (Å²) in [5.74, 6) is 0. The molecule has 1 aliphatic heterocycles. The summed E-state index contributed by atoms with van der Waals surface area (Å²) >= 11 is 1.74. The van der Waals surface area contributed by atoms with E-state index in [0.29, 0.717) is 0 Å². The second-order valence-electron chi connectivity index (χ2n) is 4.83. The summed E-state index contributed by atoms with van der Waals surface area (Å²) < 4.78 is 5.51. The Labute approximate surface area is 123 Å². The highest BCUT2D eigenvalue weighted by Crippen LogP contribution is 2.37. The first-order chi connectivity index (χ1) is 9.78. The van der Waals surface area contributed by atoms with E-state index in [9.17, 15) is 0 Å². The fraction of sp³-hybridized carbons (Fsp3) is 0.250. The van der Waals surface area contributed by atoms with Gasteiger partial charge >= 0.3 is 0 Å². The van der Waals surface area contributed by atoms with Crippen LogP contribution in [-0.4, -0.2) is 19.1 Å². The van der Waals surface area contributed by atoms with Crippen LogP contribution in [0.3, 0.4) is 0 Å². The number of fused-ring (bicyclic) bond motifs is 1. The molecule has 0 saturated carbocycles. The number of anilines is 1. The molecule has 0 spiro atoms. The minimum atomic E-state index is 0.117. The van der Waals surface area contributed by atoms with Crippen molar-refractivity contribution in [1.29, 1.82) is 0 Å². The molecule has 2 aromatic carbocycles. The zero-order valence-corrected chi connectivity index (χ0v) is 12.2. The Bertz CT molecular complexity index is 588. The van der Waals surface area contributed by atoms with Gasteiger partial charge in [-0.05, 0) is 29.3 Å². The number of nitrogen functional groups attached to an aromatic ring is 1. The SMILES string of the molecule is COC1CNC(c2ccccc2)c2cc(N)ccc2S1. The second-order valence-corrected chi connectivity index (χ2v) is 6.03. The molecule has 20 heavy (non-hydrogen) atoms. The van der Waals surface area contributed by atoms with Gasteiger partial charge in [0.2, 0.25) is 0 Å². The van der Waals surface area contributed by atoms with Crippen molar-refractivity contribution in [2.75, 3.05) is 19.4 Å². The Balaban J connectivity index is 2.06. The van der Waals surface area contributed by atoms with E-state index >= 15 is 0 Å². The molecule has 1 heterocycles. The Hall–Kier alpha value is -1.49. The third-order valence-corrected chi connectivity index (χ3v) is 4.74. The summed E-state index contributed by atoms with van der Waals surface area (Å²) in [6.45, 7) is 0.801. The highest BCUT2D eigenvalue weighted by Gasteiger charge is 2.24. The monoisotopic (exact) mass is 286 g/mol. The van der Waals surface area contributed by atoms with Gasteiger partial charge in [-0.1, -0.05) is 42.1 Å². The van der Waals surface area contributed by atoms with Crippen molar-refractivity contribution in [3.8, 4) is 0 Å². The summed E-state index contributed by atoms with van der Waals surface area (Å²) in [7, 11) is 1.75. The van der Waals surface area contributed by atoms with Crippen molar-refractivity contribution in [3.63, 3.8) is 0 Å². The maximum absolute atomic E-state index is 5.97. The quantitative estimate of drug-likeness (QED) is 0.833. The number of nitrogens with two attached hydrogens (primary N) is 1. The highest BCUT2D eigenvalue weighted by molar-refractivity contribution is 7.99. The molecule has 3 nitrogen and oxygen atoms in total. The van der Waals surface area contributed by atoms with Crippen LogP contribution in [0.25, 0.3) is 0 Å². The van der Waals surface area contributed by atoms with Gasteiger partial charge in [0.25, 0.3) is 0 Å². The topological polar surface area (TPSA) is 47.3 Å². The largest absolute Gasteiger partial charge is 0.399 e. The Morgan fingerprint density at radius 3 is 2.75 bits per heavy atom. The first kappa shape index (κ1) is 13.5. The van der Waals surface area contributed by atoms with E-state index in [1.807, 2.05) is 12.1 Å². The lowest BCUT2D eigenvalue weighted by atomic mass is 9.98. The molecule has 0 radical (unpaired) electrons. The molecule has 0 fully saturated rings. The molecule has 2 aromatic rings. The number of rotatable bonds is 2. The minimum Gasteiger partial charge on any atom is -0.399 e. The molecule has 0 amide bonds. The highest BCUT2D eigenvalue weighted by atomic mass is 32.2. The summed E-state index contributed by atoms with van der Waals surface area (Å²) in [4.78, 5) is 1.23. The number of thioether (sulfide) groups is 1. The van der Waals surface area contributed by atoms with Gasteiger partial charge in [-0.25, -0.2) is 0 Å². The van der Waals surface area contributed by atoms with Crippen LogP contribution in [-0.2, 0) is 4.74 Å². The second kappa shape index (κ2) is 5.87. The summed E-state index contributed by atoms with van der Waals surface area (Å²) in [6.07, 6.45) is 0. The molecular formula is C16H18N2OS. The van der Waals surface area contributed by atoms with Crippen molar-refractivity contribution < 1.29 is 4.74 Å². The lowest BCUT2D eigenvalue weighted by molar-refractivity contribution is 0.170. The van der Waals surface area contributed by atoms with Crippen molar-refractivity contribution in [2.45, 2.75) is 16.4 Å². The molecule has 4 heteroatoms. The Morgan fingerprint density at radius 2 is 2.00 bits per heavy atom. The van der Waals surface area contributed by atoms with Gasteiger partial charge in [0.15, 0.2) is 0 Å². The molecule has 0 saturated heterocycles. The standard InChI is InChI=1S/C16H18N2OS/c1-19-15-10-18-16(11-5-3-2-4-6-11)13-9-12(17)7-8-14(13)20-15/h2-9,15-16,18H,10,17H2,1H3. The van der Waals surface area contributed by atoms with Crippen molar-refractivity contribution >= 4 is 17.4 Å². The van der Waals surface area contributed by atoms with Gasteiger partial charge < -0.3 is 15.8 Å². The average Bonchev–Trinajstić information content (AvgIpc) is 2.67. The number of benzene rings is 2. The molecule has 104 valence electrons. The van der Waals surface area contributed by atoms with E-state index < -0.39 is 0 Å². The lowest BCUT2D eigenvalue weighted by Gasteiger charge is -2.19. The van der Waals surface area contributed by atoms with Gasteiger partial charge in [0, 0.05) is 24.2 Å². The average molecular weight is 286 g/mol. The molecule has 3 rings (SSSR count). The van der Waals surface area contributed by atoms with Crippen LogP contribution >= 0.6 is 11.8 Å². The number of nitrogens with one attached hydrogen (secondary N) is 1. The van der Waals surface area contributed by atoms with Crippen LogP contribution in [0.4, 0.5) is 5.69 Å². The van der Waals surface area contributed by atoms with Crippen molar-refractivity contribution in [1.82, 2.24) is 5.32 Å². The zero-order valence-electron chi connectivity index (χ0n) is 11.4. The summed E-state index contributed by atoms with van der Waals surface area (Å²) in [6, 6.07) is 16.7. The van der Waals surface area contributed by atoms with Crippen LogP contribution in [0.5, 0.6) is 0 Å². The van der Waals surface area contributed by atoms with Gasteiger partial charge in [-0.2, -0.15) is 0 Å². The molecule has 2 unspecified atom stereocenters. The predicted octanol–water partition coefficient (Wildman–Crippen LogP) is 3.03. The Morgan fingerprint density at radius 1 is 1.20 bits per heavy atom. The Kier molecular flexibility index (Phi) is 3.96. The smallest absolute Gasteiger partial charge is 0.119 e. The van der Waals surface area contributed by atoms with E-state index in [4.69, 9.17) is 10.5 Å². The van der Waals surface area contributed by atoms with E-state index in [0.717, 1.165) is 12.2 Å². The third-order valence-electron chi connectivity index (χ3n) is 3.49. The lowest BCUT2D eigenvalue weighted by Crippen LogP contribution is -2.28. The normalized spacial score (nSPS) is 22.1. The van der Waals surface area contributed by atoms with Gasteiger partial charge in [-0.15, -0.1) is 0 Å². The van der Waals surface area contributed by atoms with Crippen LogP contribution in [0.15, 0.2) is 53.4 Å². The zero-order chi connectivity index (χ0) is 13.9. The number of methoxy groups -OCH3 is 1. The van der Waals surface area contributed by atoms with E-state index in [1.165, 1.54) is 16.0 Å². The first-order valence-electron chi connectivity index (χ1n) is 6.65. The van der Waals surface area contributed by atoms with E-state index in [-0.39, 0.29) is 11.5 Å². The van der Waals surface area contributed by atoms with Gasteiger partial charge in [0.05, 0.1) is 6.04 Å². The molecular weight excluding hydrogens is 268 g/mol. The molecule has 2 atom stereocenters. The van der Waals surface area contributed by atoms with Gasteiger partial charge in [-0.3, -0.25) is 0 Å². The van der Waals surface area contributed by atoms with E-state index in [2.05, 4.69) is 41.7 Å². The van der Waals surface area contributed by atoms with E-state index in [1.54, 1.807) is 18.9 Å². The minimum absolute atomic E-state index is 0.117. The van der Waals surface area contributed by atoms with Gasteiger partial charge in [0.1, 0.15) is 5.44 Å². The van der Waals surface area contributed by atoms with Crippen molar-refractivity contribution in [3.05, 3.63) is 59.7 Å². The molecule has 1 aliphatic rings. The number of hydrogen-bond donors (Lipinski definition) is 2. The fourth-order valence-corrected chi connectivity index (χ4v) is 3.50. The van der Waals surface area contributed by atoms with Crippen LogP contribution < -0.4 is 11.1 Å². The van der Waals surface area contributed by atoms with Crippen LogP contribution in [0.2, 0.25) is 0 Å². The molecule has 0 aliphatic carbocycles. The molecule has 3 N–H and O–H groups in total. The summed E-state index contributed by atoms with van der Waals surface area (Å²) in [5.41, 5.74) is 9.35. The number of hydrogen-bond acceptors (Lipinski definition) is 4. The van der Waals surface area contributed by atoms with Crippen LogP contribution in [0, 0.1) is 0 Å². The number of ether oxygens (including phenoxy) is 1. The summed E-state index contributed by atoms with van der Waals surface area (Å²) in [5, 5.41) is 3.58. The fourth-order valence-electron chi connectivity index (χ4n) is 2.48.